The van der Waals surface area contributed by atoms with Crippen LogP contribution >= 0.6 is 20.0 Å². The number of hydrogen-bond donors (Lipinski definition) is 1. The summed E-state index contributed by atoms with van der Waals surface area (Å²) in [5, 5.41) is 10.2. The van der Waals surface area contributed by atoms with Gasteiger partial charge in [-0.2, -0.15) is 0 Å². The van der Waals surface area contributed by atoms with Gasteiger partial charge < -0.3 is 42.4 Å². The monoisotopic (exact) mass is 756 g/mol. The van der Waals surface area contributed by atoms with E-state index >= 15 is 0 Å². The van der Waals surface area contributed by atoms with Crippen LogP contribution in [-0.4, -0.2) is 69.5 Å². The Morgan fingerprint density at radius 2 is 1.77 bits per heavy atom. The van der Waals surface area contributed by atoms with Crippen molar-refractivity contribution in [2.45, 2.75) is 70.9 Å². The van der Waals surface area contributed by atoms with Crippen LogP contribution in [0.25, 0.3) is 6.08 Å². The van der Waals surface area contributed by atoms with Gasteiger partial charge in [0, 0.05) is 30.8 Å². The molecule has 13 heteroatoms. The zero-order chi connectivity index (χ0) is 38.4. The van der Waals surface area contributed by atoms with Crippen LogP contribution in [0.4, 0.5) is 0 Å². The minimum absolute atomic E-state index is 0.0670. The van der Waals surface area contributed by atoms with E-state index in [9.17, 15) is 14.7 Å². The summed E-state index contributed by atoms with van der Waals surface area (Å²) >= 11 is 1.09. The fourth-order valence-electron chi connectivity index (χ4n) is 5.42. The number of ether oxygens (including phenoxy) is 7. The molecule has 0 spiro atoms. The Morgan fingerprint density at radius 1 is 1.02 bits per heavy atom. The van der Waals surface area contributed by atoms with Crippen LogP contribution in [0.5, 0.6) is 17.2 Å². The van der Waals surface area contributed by atoms with E-state index in [4.69, 9.17) is 38.6 Å². The zero-order valence-electron chi connectivity index (χ0n) is 31.1. The Kier molecular flexibility index (Phi) is 15.0. The molecule has 2 unspecified atom stereocenters. The first kappa shape index (κ1) is 39.3. The second-order valence-corrected chi connectivity index (χ2v) is 13.4. The number of esters is 1. The predicted molar refractivity (Wildman–Crippen MR) is 203 cm³/mol. The Hall–Kier alpha value is -3.90. The fraction of sp³-hybridized carbons (Fsp3) is 0.385. The van der Waals surface area contributed by atoms with Crippen LogP contribution in [0.1, 0.15) is 66.0 Å². The van der Waals surface area contributed by atoms with Crippen LogP contribution in [-0.2, 0) is 29.7 Å². The highest BCUT2D eigenvalue weighted by Crippen LogP contribution is 2.35. The van der Waals surface area contributed by atoms with Gasteiger partial charge in [-0.1, -0.05) is 55.5 Å². The molecule has 0 saturated carbocycles. The van der Waals surface area contributed by atoms with Crippen LogP contribution in [0.3, 0.4) is 0 Å². The maximum absolute atomic E-state index is 13.3. The molecule has 6 atom stereocenters. The number of carbonyl (C=O) groups excluding carboxylic acids is 1. The molecule has 0 bridgehead atoms. The maximum atomic E-state index is 13.3. The molecule has 0 aromatic heterocycles. The number of aromatic carboxylic acids is 1. The molecule has 1 aliphatic heterocycles. The Labute approximate surface area is 313 Å². The number of carboxylic acids is 1. The van der Waals surface area contributed by atoms with Crippen molar-refractivity contribution in [3.8, 4) is 17.2 Å². The third-order valence-corrected chi connectivity index (χ3v) is 8.91. The van der Waals surface area contributed by atoms with Crippen molar-refractivity contribution < 1.29 is 52.0 Å². The van der Waals surface area contributed by atoms with E-state index in [1.54, 1.807) is 69.5 Å². The lowest BCUT2D eigenvalue weighted by Crippen LogP contribution is -2.37. The predicted octanol–water partition coefficient (Wildman–Crippen LogP) is 8.14. The van der Waals surface area contributed by atoms with Crippen molar-refractivity contribution in [2.24, 2.45) is 5.92 Å². The van der Waals surface area contributed by atoms with Crippen molar-refractivity contribution in [1.82, 2.24) is 0 Å². The standard InChI is InChI=1S/C39H47O11PS/c1-25(26(2)50-52-51)15-20-32(47-38(42)28-11-8-7-9-12-28)36-33(48-39(3,4)49-36)14-10-13-29-21-31(22-34(46-24-43-5)35(29)37(40)41)45-23-27-16-18-30(44-6)19-17-27/h7-13,15-22,25-26,32-33,36H,14,23-24,51H2,1-6H3,(H,40,41)/t25-,26+,32?,33+,36-/m1/s1/i51T/t25-,26+,32?,33+,36-,51?. The third kappa shape index (κ3) is 11.8. The van der Waals surface area contributed by atoms with Gasteiger partial charge in [-0.05, 0) is 83.1 Å². The topological polar surface area (TPSA) is 128 Å². The lowest BCUT2D eigenvalue weighted by molar-refractivity contribution is -0.152. The van der Waals surface area contributed by atoms with Gasteiger partial charge >= 0.3 is 11.9 Å². The van der Waals surface area contributed by atoms with Gasteiger partial charge in [0.1, 0.15) is 41.6 Å². The summed E-state index contributed by atoms with van der Waals surface area (Å²) in [7, 11) is 2.88. The highest BCUT2D eigenvalue weighted by molar-refractivity contribution is 8.40. The molecule has 1 aliphatic rings. The quantitative estimate of drug-likeness (QED) is 0.0393. The average Bonchev–Trinajstić information content (AvgIpc) is 3.47. The minimum Gasteiger partial charge on any atom is -0.497 e. The number of hydrogen-bond acceptors (Lipinski definition) is 11. The van der Waals surface area contributed by atoms with Gasteiger partial charge in [0.05, 0.1) is 26.2 Å². The second-order valence-electron chi connectivity index (χ2n) is 12.5. The van der Waals surface area contributed by atoms with Gasteiger partial charge in [0.25, 0.3) is 0 Å². The Morgan fingerprint density at radius 3 is 2.44 bits per heavy atom. The van der Waals surface area contributed by atoms with E-state index in [-0.39, 0.29) is 51.5 Å². The Bertz CT molecular complexity index is 1690. The van der Waals surface area contributed by atoms with Gasteiger partial charge in [-0.15, -0.1) is 0 Å². The van der Waals surface area contributed by atoms with E-state index in [0.29, 0.717) is 16.9 Å². The zero-order valence-corrected chi connectivity index (χ0v) is 31.9. The summed E-state index contributed by atoms with van der Waals surface area (Å²) in [6.07, 6.45) is 5.07. The van der Waals surface area contributed by atoms with E-state index in [1.807, 2.05) is 50.3 Å². The van der Waals surface area contributed by atoms with Gasteiger partial charge in [-0.25, -0.2) is 9.59 Å². The van der Waals surface area contributed by atoms with E-state index < -0.39 is 36.0 Å². The summed E-state index contributed by atoms with van der Waals surface area (Å²) in [4.78, 5) is 25.8. The molecule has 11 nitrogen and oxygen atoms in total. The highest BCUT2D eigenvalue weighted by atomic mass is 32.7. The highest BCUT2D eigenvalue weighted by Gasteiger charge is 2.45. The summed E-state index contributed by atoms with van der Waals surface area (Å²) < 4.78 is 53.8. The number of carbonyl (C=O) groups is 2. The fourth-order valence-corrected chi connectivity index (χ4v) is 6.20. The van der Waals surface area contributed by atoms with Gasteiger partial charge in [0.2, 0.25) is 0 Å². The van der Waals surface area contributed by atoms with E-state index in [2.05, 4.69) is 0 Å². The summed E-state index contributed by atoms with van der Waals surface area (Å²) in [5.74, 6) is -1.61. The first-order valence-corrected chi connectivity index (χ1v) is 18.7. The average molecular weight is 757 g/mol. The molecule has 3 aromatic rings. The molecule has 0 radical (unpaired) electrons. The summed E-state index contributed by atoms with van der Waals surface area (Å²) in [6.45, 7) is 7.50. The smallest absolute Gasteiger partial charge is 0.340 e. The number of benzene rings is 3. The van der Waals surface area contributed by atoms with Gasteiger partial charge in [0.15, 0.2) is 12.6 Å². The molecule has 52 heavy (non-hydrogen) atoms. The Balaban J connectivity index is 1.62. The third-order valence-electron chi connectivity index (χ3n) is 8.23. The first-order valence-electron chi connectivity index (χ1n) is 17.2. The molecule has 1 fully saturated rings. The van der Waals surface area contributed by atoms with E-state index in [1.165, 1.54) is 13.2 Å². The van der Waals surface area contributed by atoms with Crippen molar-refractivity contribution in [2.75, 3.05) is 21.0 Å². The molecular weight excluding hydrogens is 707 g/mol. The second kappa shape index (κ2) is 19.8. The van der Waals surface area contributed by atoms with Crippen molar-refractivity contribution in [1.29, 1.82) is 1.28 Å². The SMILES string of the molecule is [3H]PSO[C@@H](C)[C@H](C)C=CC(OC(=O)c1ccccc1)[C@H]1OC(C)(C)O[C@H]1CC=Cc1cc(OCc2ccc(OC)cc2)cc(OCOC)c1C(=O)O. The molecule has 0 aliphatic carbocycles. The number of methoxy groups -OCH3 is 2. The largest absolute Gasteiger partial charge is 0.497 e. The number of carboxylic acid groups (broad SMARTS) is 1. The molecule has 3 aromatic carbocycles. The molecule has 0 amide bonds. The maximum Gasteiger partial charge on any atom is 0.340 e. The van der Waals surface area contributed by atoms with E-state index in [0.717, 1.165) is 23.0 Å². The van der Waals surface area contributed by atoms with Crippen LogP contribution in [0, 0.1) is 5.92 Å². The molecule has 280 valence electrons. The lowest BCUT2D eigenvalue weighted by atomic mass is 9.99. The van der Waals surface area contributed by atoms with Crippen molar-refractivity contribution in [3.63, 3.8) is 0 Å². The van der Waals surface area contributed by atoms with Crippen LogP contribution in [0.15, 0.2) is 85.0 Å². The van der Waals surface area contributed by atoms with Crippen molar-refractivity contribution >= 4 is 38.1 Å². The molecule has 1 heterocycles. The van der Waals surface area contributed by atoms with Crippen LogP contribution in [0.2, 0.25) is 0 Å². The number of rotatable bonds is 20. The molecule has 4 rings (SSSR count). The van der Waals surface area contributed by atoms with Crippen molar-refractivity contribution in [3.05, 3.63) is 107 Å². The molecule has 1 N–H and O–H groups in total. The molecular formula is C39H47O11PS. The first-order chi connectivity index (χ1) is 25.4. The minimum atomic E-state index is -1.19. The van der Waals surface area contributed by atoms with Crippen LogP contribution < -0.4 is 14.2 Å². The summed E-state index contributed by atoms with van der Waals surface area (Å²) in [5.41, 5.74) is 1.55. The normalized spacial score (nSPS) is 19.1. The molecule has 1 saturated heterocycles. The van der Waals surface area contributed by atoms with Gasteiger partial charge in [-0.3, -0.25) is 0 Å². The lowest BCUT2D eigenvalue weighted by Gasteiger charge is -2.25. The summed E-state index contributed by atoms with van der Waals surface area (Å²) in [6, 6.07) is 19.3.